The van der Waals surface area contributed by atoms with E-state index in [-0.39, 0.29) is 27.8 Å². The van der Waals surface area contributed by atoms with Crippen molar-refractivity contribution >= 4 is 27.5 Å². The molecule has 0 aliphatic carbocycles. The number of halogens is 1. The highest BCUT2D eigenvalue weighted by Crippen LogP contribution is 2.30. The molecule has 0 N–H and O–H groups in total. The van der Waals surface area contributed by atoms with Gasteiger partial charge in [0, 0.05) is 12.5 Å². The van der Waals surface area contributed by atoms with Crippen LogP contribution in [0.2, 0.25) is 0 Å². The van der Waals surface area contributed by atoms with Gasteiger partial charge in [-0.25, -0.2) is 17.7 Å². The summed E-state index contributed by atoms with van der Waals surface area (Å²) in [4.78, 5) is 4.45. The highest BCUT2D eigenvalue weighted by atomic mass is 35.5. The first kappa shape index (κ1) is 17.8. The lowest BCUT2D eigenvalue weighted by atomic mass is 9.96. The molecule has 1 heterocycles. The van der Waals surface area contributed by atoms with Crippen molar-refractivity contribution in [2.45, 2.75) is 32.6 Å². The molecular weight excluding hydrogens is 336 g/mol. The van der Waals surface area contributed by atoms with Crippen LogP contribution >= 0.6 is 11.6 Å². The third kappa shape index (κ3) is 3.70. The normalized spacial score (nSPS) is 16.0. The molecule has 1 aromatic carbocycles. The molecule has 0 saturated carbocycles. The van der Waals surface area contributed by atoms with E-state index >= 15 is 0 Å². The van der Waals surface area contributed by atoms with E-state index in [1.54, 1.807) is 24.3 Å². The molecule has 0 aromatic heterocycles. The fourth-order valence-electron chi connectivity index (χ4n) is 1.99. The van der Waals surface area contributed by atoms with E-state index in [9.17, 15) is 8.42 Å². The van der Waals surface area contributed by atoms with E-state index in [1.807, 2.05) is 27.7 Å². The summed E-state index contributed by atoms with van der Waals surface area (Å²) in [5.41, 5.74) is 0.650. The van der Waals surface area contributed by atoms with Gasteiger partial charge in [0.2, 0.25) is 5.88 Å². The Kier molecular flexibility index (Phi) is 4.78. The number of rotatable bonds is 3. The first-order valence-electron chi connectivity index (χ1n) is 7.20. The van der Waals surface area contributed by atoms with Crippen molar-refractivity contribution in [1.29, 1.82) is 0 Å². The highest BCUT2D eigenvalue weighted by Gasteiger charge is 2.32. The van der Waals surface area contributed by atoms with E-state index in [0.717, 1.165) is 9.87 Å². The standard InChI is InChI=1S/C16H21ClN2O3S/c1-11-6-8-12(9-7-11)23(20,21)19(5)14-13(17)10-18-15(22-14)16(2,3)4/h6-9H,10H2,1-5H3. The van der Waals surface area contributed by atoms with Crippen LogP contribution in [-0.4, -0.2) is 32.2 Å². The summed E-state index contributed by atoms with van der Waals surface area (Å²) in [6.07, 6.45) is 0. The maximum atomic E-state index is 12.8. The Morgan fingerprint density at radius 3 is 2.30 bits per heavy atom. The van der Waals surface area contributed by atoms with Gasteiger partial charge in [0.25, 0.3) is 10.0 Å². The molecule has 0 unspecified atom stereocenters. The number of sulfonamides is 1. The van der Waals surface area contributed by atoms with Crippen molar-refractivity contribution in [1.82, 2.24) is 4.31 Å². The van der Waals surface area contributed by atoms with Crippen LogP contribution in [0.3, 0.4) is 0 Å². The van der Waals surface area contributed by atoms with Gasteiger partial charge < -0.3 is 4.74 Å². The van der Waals surface area contributed by atoms with Crippen LogP contribution in [0.1, 0.15) is 26.3 Å². The van der Waals surface area contributed by atoms with Gasteiger partial charge >= 0.3 is 0 Å². The summed E-state index contributed by atoms with van der Waals surface area (Å²) >= 11 is 6.15. The molecule has 2 rings (SSSR count). The summed E-state index contributed by atoms with van der Waals surface area (Å²) in [6, 6.07) is 6.63. The molecule has 23 heavy (non-hydrogen) atoms. The Morgan fingerprint density at radius 2 is 1.78 bits per heavy atom. The molecule has 126 valence electrons. The van der Waals surface area contributed by atoms with Crippen molar-refractivity contribution in [3.63, 3.8) is 0 Å². The van der Waals surface area contributed by atoms with Crippen molar-refractivity contribution in [3.05, 3.63) is 40.7 Å². The topological polar surface area (TPSA) is 59.0 Å². The van der Waals surface area contributed by atoms with E-state index in [4.69, 9.17) is 16.3 Å². The summed E-state index contributed by atoms with van der Waals surface area (Å²) in [5, 5.41) is 0.260. The highest BCUT2D eigenvalue weighted by molar-refractivity contribution is 7.89. The Labute approximate surface area is 142 Å². The van der Waals surface area contributed by atoms with Crippen LogP contribution in [0.25, 0.3) is 0 Å². The molecule has 7 heteroatoms. The van der Waals surface area contributed by atoms with E-state index in [0.29, 0.717) is 5.90 Å². The van der Waals surface area contributed by atoms with Crippen LogP contribution in [0.15, 0.2) is 45.1 Å². The molecule has 0 amide bonds. The average Bonchev–Trinajstić information content (AvgIpc) is 2.46. The van der Waals surface area contributed by atoms with Gasteiger partial charge in [0.05, 0.1) is 11.4 Å². The first-order valence-corrected chi connectivity index (χ1v) is 9.02. The number of aliphatic imine (C=N–C) groups is 1. The van der Waals surface area contributed by atoms with Gasteiger partial charge in [0.1, 0.15) is 5.03 Å². The monoisotopic (exact) mass is 356 g/mol. The van der Waals surface area contributed by atoms with E-state index in [2.05, 4.69) is 4.99 Å². The second-order valence-electron chi connectivity index (χ2n) is 6.47. The molecule has 0 spiro atoms. The quantitative estimate of drug-likeness (QED) is 0.832. The average molecular weight is 357 g/mol. The lowest BCUT2D eigenvalue weighted by Gasteiger charge is -2.30. The molecule has 1 aliphatic heterocycles. The number of aryl methyl sites for hydroxylation is 1. The Balaban J connectivity index is 2.35. The maximum absolute atomic E-state index is 12.8. The minimum atomic E-state index is -3.75. The third-order valence-electron chi connectivity index (χ3n) is 3.39. The largest absolute Gasteiger partial charge is 0.424 e. The summed E-state index contributed by atoms with van der Waals surface area (Å²) in [6.45, 7) is 7.93. The fourth-order valence-corrected chi connectivity index (χ4v) is 3.43. The predicted molar refractivity (Wildman–Crippen MR) is 91.8 cm³/mol. The zero-order valence-corrected chi connectivity index (χ0v) is 15.5. The fraction of sp³-hybridized carbons (Fsp3) is 0.438. The second-order valence-corrected chi connectivity index (χ2v) is 8.89. The van der Waals surface area contributed by atoms with Gasteiger partial charge in [-0.1, -0.05) is 50.1 Å². The van der Waals surface area contributed by atoms with Crippen LogP contribution in [0.5, 0.6) is 0 Å². The molecule has 1 aromatic rings. The van der Waals surface area contributed by atoms with Crippen LogP contribution in [0, 0.1) is 12.3 Å². The number of ether oxygens (including phenoxy) is 1. The van der Waals surface area contributed by atoms with Crippen molar-refractivity contribution in [2.24, 2.45) is 10.4 Å². The molecule has 1 aliphatic rings. The first-order chi connectivity index (χ1) is 10.5. The maximum Gasteiger partial charge on any atom is 0.266 e. The molecule has 0 radical (unpaired) electrons. The zero-order valence-electron chi connectivity index (χ0n) is 13.9. The molecule has 0 saturated heterocycles. The molecule has 0 atom stereocenters. The second kappa shape index (κ2) is 6.17. The number of hydrogen-bond donors (Lipinski definition) is 0. The van der Waals surface area contributed by atoms with Gasteiger partial charge in [-0.3, -0.25) is 0 Å². The van der Waals surface area contributed by atoms with Crippen LogP contribution < -0.4 is 0 Å². The number of nitrogens with zero attached hydrogens (tertiary/aromatic N) is 2. The predicted octanol–water partition coefficient (Wildman–Crippen LogP) is 3.50. The van der Waals surface area contributed by atoms with Gasteiger partial charge in [-0.2, -0.15) is 0 Å². The smallest absolute Gasteiger partial charge is 0.266 e. The molecule has 5 nitrogen and oxygen atoms in total. The summed E-state index contributed by atoms with van der Waals surface area (Å²) in [7, 11) is -2.32. The van der Waals surface area contributed by atoms with Gasteiger partial charge in [-0.15, -0.1) is 0 Å². The summed E-state index contributed by atoms with van der Waals surface area (Å²) in [5.74, 6) is 0.565. The Morgan fingerprint density at radius 1 is 1.22 bits per heavy atom. The minimum Gasteiger partial charge on any atom is -0.424 e. The van der Waals surface area contributed by atoms with E-state index < -0.39 is 10.0 Å². The lowest BCUT2D eigenvalue weighted by Crippen LogP contribution is -2.35. The third-order valence-corrected chi connectivity index (χ3v) is 5.43. The Hall–Kier alpha value is -1.53. The van der Waals surface area contributed by atoms with Gasteiger partial charge in [-0.05, 0) is 19.1 Å². The Bertz CT molecular complexity index is 760. The minimum absolute atomic E-state index is 0.104. The molecule has 0 fully saturated rings. The SMILES string of the molecule is Cc1ccc(S(=O)(=O)N(C)C2=C(Cl)CN=C(C(C)(C)C)O2)cc1. The molecule has 0 bridgehead atoms. The zero-order chi connectivity index (χ0) is 17.4. The number of hydrogen-bond acceptors (Lipinski definition) is 4. The van der Waals surface area contributed by atoms with Gasteiger partial charge in [0.15, 0.2) is 5.90 Å². The van der Waals surface area contributed by atoms with Crippen LogP contribution in [0.4, 0.5) is 0 Å². The van der Waals surface area contributed by atoms with Crippen molar-refractivity contribution < 1.29 is 13.2 Å². The number of benzene rings is 1. The van der Waals surface area contributed by atoms with Crippen LogP contribution in [-0.2, 0) is 14.8 Å². The summed E-state index contributed by atoms with van der Waals surface area (Å²) < 4.78 is 32.3. The van der Waals surface area contributed by atoms with Crippen molar-refractivity contribution in [2.75, 3.05) is 13.6 Å². The molecular formula is C16H21ClN2O3S. The van der Waals surface area contributed by atoms with Crippen molar-refractivity contribution in [3.8, 4) is 0 Å². The lowest BCUT2D eigenvalue weighted by molar-refractivity contribution is 0.266. The van der Waals surface area contributed by atoms with E-state index in [1.165, 1.54) is 7.05 Å².